The molecule has 0 saturated carbocycles. The molecule has 1 aromatic heterocycles. The van der Waals surface area contributed by atoms with Crippen LogP contribution < -0.4 is 4.74 Å². The van der Waals surface area contributed by atoms with Gasteiger partial charge in [-0.2, -0.15) is 0 Å². The molecule has 0 spiro atoms. The fourth-order valence-corrected chi connectivity index (χ4v) is 4.39. The lowest BCUT2D eigenvalue weighted by molar-refractivity contribution is 0.123. The quantitative estimate of drug-likeness (QED) is 0.587. The van der Waals surface area contributed by atoms with Crippen molar-refractivity contribution in [2.45, 2.75) is 45.8 Å². The summed E-state index contributed by atoms with van der Waals surface area (Å²) in [7, 11) is -2.63. The van der Waals surface area contributed by atoms with Crippen molar-refractivity contribution < 1.29 is 22.7 Å². The molecular formula is C18H24FN2O4P. The van der Waals surface area contributed by atoms with E-state index in [-0.39, 0.29) is 5.56 Å². The average Bonchev–Trinajstić information content (AvgIpc) is 2.59. The van der Waals surface area contributed by atoms with E-state index in [1.165, 1.54) is 13.2 Å². The van der Waals surface area contributed by atoms with E-state index < -0.39 is 25.7 Å². The SMILES string of the molecule is COc1ccc(-c2ncccn2)c(C(F)P(=O)(OC(C)C)OC(C)C)c1. The van der Waals surface area contributed by atoms with Gasteiger partial charge < -0.3 is 13.8 Å². The number of aromatic nitrogens is 2. The molecule has 1 atom stereocenters. The van der Waals surface area contributed by atoms with Crippen LogP contribution in [0.5, 0.6) is 5.75 Å². The highest BCUT2D eigenvalue weighted by molar-refractivity contribution is 7.54. The van der Waals surface area contributed by atoms with Crippen LogP contribution in [0.4, 0.5) is 4.39 Å². The number of ether oxygens (including phenoxy) is 1. The zero-order valence-corrected chi connectivity index (χ0v) is 16.4. The van der Waals surface area contributed by atoms with E-state index in [9.17, 15) is 4.57 Å². The summed E-state index contributed by atoms with van der Waals surface area (Å²) in [6.07, 6.45) is 2.16. The lowest BCUT2D eigenvalue weighted by Gasteiger charge is -2.26. The number of hydrogen-bond acceptors (Lipinski definition) is 6. The fraction of sp³-hybridized carbons (Fsp3) is 0.444. The molecule has 2 rings (SSSR count). The second-order valence-electron chi connectivity index (χ2n) is 6.21. The van der Waals surface area contributed by atoms with E-state index >= 15 is 4.39 Å². The normalized spacial score (nSPS) is 13.2. The molecule has 1 heterocycles. The third kappa shape index (κ3) is 4.87. The van der Waals surface area contributed by atoms with Crippen molar-refractivity contribution >= 4 is 7.60 Å². The zero-order valence-electron chi connectivity index (χ0n) is 15.5. The Kier molecular flexibility index (Phi) is 6.87. The smallest absolute Gasteiger partial charge is 0.369 e. The number of hydrogen-bond donors (Lipinski definition) is 0. The number of nitrogens with zero attached hydrogens (tertiary/aromatic N) is 2. The van der Waals surface area contributed by atoms with Crippen molar-refractivity contribution in [3.05, 3.63) is 42.2 Å². The van der Waals surface area contributed by atoms with Crippen LogP contribution in [0.1, 0.15) is 39.2 Å². The monoisotopic (exact) mass is 382 g/mol. The average molecular weight is 382 g/mol. The number of alkyl halides is 1. The van der Waals surface area contributed by atoms with Gasteiger partial charge in [-0.25, -0.2) is 14.4 Å². The number of methoxy groups -OCH3 is 1. The predicted octanol–water partition coefficient (Wildman–Crippen LogP) is 5.16. The van der Waals surface area contributed by atoms with E-state index in [0.717, 1.165) is 0 Å². The lowest BCUT2D eigenvalue weighted by atomic mass is 10.1. The van der Waals surface area contributed by atoms with Crippen LogP contribution in [0.3, 0.4) is 0 Å². The van der Waals surface area contributed by atoms with Crippen molar-refractivity contribution in [3.8, 4) is 17.1 Å². The largest absolute Gasteiger partial charge is 0.497 e. The molecule has 0 bridgehead atoms. The number of benzene rings is 1. The fourth-order valence-electron chi connectivity index (χ4n) is 2.40. The molecule has 0 amide bonds. The molecule has 1 aromatic carbocycles. The summed E-state index contributed by atoms with van der Waals surface area (Å²) in [5.41, 5.74) is 0.499. The van der Waals surface area contributed by atoms with Crippen molar-refractivity contribution in [2.24, 2.45) is 0 Å². The standard InChI is InChI=1S/C18H24FN2O4P/c1-12(2)24-26(22,25-13(3)4)17(19)16-11-14(23-5)7-8-15(16)18-20-9-6-10-21-18/h6-13,17H,1-5H3. The molecule has 8 heteroatoms. The van der Waals surface area contributed by atoms with Gasteiger partial charge in [0.15, 0.2) is 5.82 Å². The maximum Gasteiger partial charge on any atom is 0.369 e. The van der Waals surface area contributed by atoms with Crippen molar-refractivity contribution in [3.63, 3.8) is 0 Å². The second kappa shape index (κ2) is 8.71. The molecule has 142 valence electrons. The zero-order chi connectivity index (χ0) is 19.3. The lowest BCUT2D eigenvalue weighted by Crippen LogP contribution is -2.12. The molecule has 0 fully saturated rings. The summed E-state index contributed by atoms with van der Waals surface area (Å²) in [6, 6.07) is 6.43. The second-order valence-corrected chi connectivity index (χ2v) is 8.16. The van der Waals surface area contributed by atoms with Crippen LogP contribution in [0.2, 0.25) is 0 Å². The summed E-state index contributed by atoms with van der Waals surface area (Å²) in [6.45, 7) is 6.71. The summed E-state index contributed by atoms with van der Waals surface area (Å²) < 4.78 is 44.8. The van der Waals surface area contributed by atoms with E-state index in [0.29, 0.717) is 17.1 Å². The first-order valence-corrected chi connectivity index (χ1v) is 9.94. The van der Waals surface area contributed by atoms with Crippen LogP contribution in [-0.2, 0) is 13.6 Å². The van der Waals surface area contributed by atoms with Gasteiger partial charge in [-0.15, -0.1) is 0 Å². The van der Waals surface area contributed by atoms with E-state index in [1.807, 2.05) is 0 Å². The summed E-state index contributed by atoms with van der Waals surface area (Å²) in [5.74, 6) is -1.28. The highest BCUT2D eigenvalue weighted by Gasteiger charge is 2.41. The Bertz CT molecular complexity index is 757. The minimum atomic E-state index is -4.10. The number of rotatable bonds is 8. The molecular weight excluding hydrogens is 358 g/mol. The number of halogens is 1. The van der Waals surface area contributed by atoms with Gasteiger partial charge in [-0.1, -0.05) is 0 Å². The minimum absolute atomic E-state index is 0.0974. The maximum absolute atomic E-state index is 15.5. The Labute approximate surface area is 153 Å². The van der Waals surface area contributed by atoms with Crippen LogP contribution in [0, 0.1) is 0 Å². The van der Waals surface area contributed by atoms with E-state index in [2.05, 4.69) is 9.97 Å². The highest BCUT2D eigenvalue weighted by Crippen LogP contribution is 2.64. The van der Waals surface area contributed by atoms with Crippen LogP contribution in [0.25, 0.3) is 11.4 Å². The van der Waals surface area contributed by atoms with Crippen molar-refractivity contribution in [2.75, 3.05) is 7.11 Å². The van der Waals surface area contributed by atoms with Crippen LogP contribution in [0.15, 0.2) is 36.7 Å². The van der Waals surface area contributed by atoms with E-state index in [1.54, 1.807) is 58.3 Å². The first kappa shape index (κ1) is 20.5. The van der Waals surface area contributed by atoms with Gasteiger partial charge in [-0.05, 0) is 52.0 Å². The molecule has 0 aliphatic rings. The summed E-state index contributed by atoms with van der Waals surface area (Å²) in [4.78, 5) is 8.32. The molecule has 0 saturated heterocycles. The van der Waals surface area contributed by atoms with Crippen molar-refractivity contribution in [1.29, 1.82) is 0 Å². The maximum atomic E-state index is 15.5. The van der Waals surface area contributed by atoms with Gasteiger partial charge in [0.25, 0.3) is 0 Å². The first-order chi connectivity index (χ1) is 12.3. The Morgan fingerprint density at radius 1 is 1.04 bits per heavy atom. The molecule has 0 aliphatic heterocycles. The van der Waals surface area contributed by atoms with Crippen LogP contribution in [-0.4, -0.2) is 29.3 Å². The topological polar surface area (TPSA) is 70.5 Å². The summed E-state index contributed by atoms with van der Waals surface area (Å²) in [5, 5.41) is 0. The Morgan fingerprint density at radius 2 is 1.62 bits per heavy atom. The van der Waals surface area contributed by atoms with Crippen LogP contribution >= 0.6 is 7.60 Å². The molecule has 1 unspecified atom stereocenters. The molecule has 0 aliphatic carbocycles. The van der Waals surface area contributed by atoms with Gasteiger partial charge in [0.1, 0.15) is 5.75 Å². The summed E-state index contributed by atoms with van der Waals surface area (Å²) >= 11 is 0. The third-order valence-corrected chi connectivity index (χ3v) is 5.58. The first-order valence-electron chi connectivity index (χ1n) is 8.32. The third-order valence-electron chi connectivity index (χ3n) is 3.32. The Morgan fingerprint density at radius 3 is 2.12 bits per heavy atom. The molecule has 26 heavy (non-hydrogen) atoms. The minimum Gasteiger partial charge on any atom is -0.497 e. The molecule has 0 radical (unpaired) electrons. The highest BCUT2D eigenvalue weighted by atomic mass is 31.2. The molecule has 2 aromatic rings. The van der Waals surface area contributed by atoms with Gasteiger partial charge >= 0.3 is 7.60 Å². The van der Waals surface area contributed by atoms with E-state index in [4.69, 9.17) is 13.8 Å². The van der Waals surface area contributed by atoms with Gasteiger partial charge in [0, 0.05) is 23.5 Å². The van der Waals surface area contributed by atoms with Crippen molar-refractivity contribution in [1.82, 2.24) is 9.97 Å². The van der Waals surface area contributed by atoms with Gasteiger partial charge in [0.2, 0.25) is 5.91 Å². The molecule has 0 N–H and O–H groups in total. The van der Waals surface area contributed by atoms with Gasteiger partial charge in [0.05, 0.1) is 19.3 Å². The predicted molar refractivity (Wildman–Crippen MR) is 97.9 cm³/mol. The molecule has 6 nitrogen and oxygen atoms in total. The Hall–Kier alpha value is -1.82. The Balaban J connectivity index is 2.57. The van der Waals surface area contributed by atoms with Gasteiger partial charge in [-0.3, -0.25) is 4.57 Å².